The van der Waals surface area contributed by atoms with E-state index in [1.54, 1.807) is 6.92 Å². The minimum absolute atomic E-state index is 0.356. The van der Waals surface area contributed by atoms with Gasteiger partial charge in [-0.1, -0.05) is 0 Å². The number of nitrogens with two attached hydrogens (primary N) is 1. The van der Waals surface area contributed by atoms with Crippen LogP contribution in [-0.2, 0) is 0 Å². The molecule has 74 valence electrons. The first-order chi connectivity index (χ1) is 6.16. The summed E-state index contributed by atoms with van der Waals surface area (Å²) in [5, 5.41) is 25.5. The summed E-state index contributed by atoms with van der Waals surface area (Å²) >= 11 is 0. The van der Waals surface area contributed by atoms with Gasteiger partial charge in [0.1, 0.15) is 6.10 Å². The quantitative estimate of drug-likeness (QED) is 0.506. The van der Waals surface area contributed by atoms with Crippen molar-refractivity contribution in [2.45, 2.75) is 25.6 Å². The number of nitrogens with one attached hydrogen (secondary N) is 1. The fraction of sp³-hybridized carbons (Fsp3) is 0.625. The van der Waals surface area contributed by atoms with Crippen molar-refractivity contribution < 1.29 is 10.2 Å². The van der Waals surface area contributed by atoms with Gasteiger partial charge in [-0.05, 0) is 19.9 Å². The molecular formula is C8H15N3O2. The van der Waals surface area contributed by atoms with Crippen molar-refractivity contribution in [1.82, 2.24) is 10.2 Å². The number of hydrogen-bond donors (Lipinski definition) is 4. The summed E-state index contributed by atoms with van der Waals surface area (Å²) in [6, 6.07) is 0. The fourth-order valence-electron chi connectivity index (χ4n) is 1.19. The largest absolute Gasteiger partial charge is 0.390 e. The lowest BCUT2D eigenvalue weighted by Gasteiger charge is -2.16. The van der Waals surface area contributed by atoms with Gasteiger partial charge >= 0.3 is 0 Å². The lowest BCUT2D eigenvalue weighted by atomic mass is 10.0. The molecule has 5 N–H and O–H groups in total. The molecule has 2 unspecified atom stereocenters. The van der Waals surface area contributed by atoms with Gasteiger partial charge in [-0.25, -0.2) is 0 Å². The summed E-state index contributed by atoms with van der Waals surface area (Å²) in [6.45, 7) is 2.15. The Balaban J connectivity index is 2.67. The molecule has 0 saturated heterocycles. The third-order valence-electron chi connectivity index (χ3n) is 2.01. The highest BCUT2D eigenvalue weighted by Gasteiger charge is 2.20. The minimum atomic E-state index is -0.901. The van der Waals surface area contributed by atoms with Crippen LogP contribution in [0.25, 0.3) is 0 Å². The molecule has 0 aliphatic carbocycles. The molecule has 0 aliphatic rings. The number of aliphatic hydroxyl groups is 2. The SMILES string of the molecule is Cc1[nH]ncc1C(O)C(O)CCN. The highest BCUT2D eigenvalue weighted by molar-refractivity contribution is 5.18. The van der Waals surface area contributed by atoms with Crippen LogP contribution in [0.1, 0.15) is 23.8 Å². The van der Waals surface area contributed by atoms with Crippen LogP contribution in [0.4, 0.5) is 0 Å². The second-order valence-electron chi connectivity index (χ2n) is 3.04. The average Bonchev–Trinajstić information content (AvgIpc) is 2.50. The number of H-pyrrole nitrogens is 1. The van der Waals surface area contributed by atoms with Crippen molar-refractivity contribution in [2.24, 2.45) is 5.73 Å². The Morgan fingerprint density at radius 2 is 2.31 bits per heavy atom. The molecule has 0 amide bonds. The van der Waals surface area contributed by atoms with Gasteiger partial charge in [0.15, 0.2) is 0 Å². The fourth-order valence-corrected chi connectivity index (χ4v) is 1.19. The molecule has 1 heterocycles. The monoisotopic (exact) mass is 185 g/mol. The van der Waals surface area contributed by atoms with Crippen molar-refractivity contribution in [1.29, 1.82) is 0 Å². The number of aryl methyl sites for hydroxylation is 1. The first-order valence-corrected chi connectivity index (χ1v) is 4.23. The van der Waals surface area contributed by atoms with Crippen LogP contribution in [0.15, 0.2) is 6.20 Å². The van der Waals surface area contributed by atoms with E-state index in [2.05, 4.69) is 10.2 Å². The third-order valence-corrected chi connectivity index (χ3v) is 2.01. The highest BCUT2D eigenvalue weighted by Crippen LogP contribution is 2.19. The lowest BCUT2D eigenvalue weighted by Crippen LogP contribution is -2.21. The zero-order valence-corrected chi connectivity index (χ0v) is 7.57. The van der Waals surface area contributed by atoms with Crippen LogP contribution in [0.5, 0.6) is 0 Å². The van der Waals surface area contributed by atoms with Crippen LogP contribution < -0.4 is 5.73 Å². The van der Waals surface area contributed by atoms with E-state index in [0.717, 1.165) is 5.69 Å². The van der Waals surface area contributed by atoms with Crippen LogP contribution in [0, 0.1) is 6.92 Å². The predicted molar refractivity (Wildman–Crippen MR) is 48.0 cm³/mol. The van der Waals surface area contributed by atoms with E-state index in [4.69, 9.17) is 5.73 Å². The van der Waals surface area contributed by atoms with Crippen LogP contribution in [-0.4, -0.2) is 33.1 Å². The van der Waals surface area contributed by atoms with Crippen molar-refractivity contribution in [3.63, 3.8) is 0 Å². The van der Waals surface area contributed by atoms with Gasteiger partial charge in [-0.2, -0.15) is 5.10 Å². The van der Waals surface area contributed by atoms with E-state index in [-0.39, 0.29) is 0 Å². The lowest BCUT2D eigenvalue weighted by molar-refractivity contribution is 0.0147. The van der Waals surface area contributed by atoms with E-state index in [0.29, 0.717) is 18.5 Å². The van der Waals surface area contributed by atoms with Crippen LogP contribution in [0.3, 0.4) is 0 Å². The number of rotatable bonds is 4. The molecule has 0 saturated carbocycles. The van der Waals surface area contributed by atoms with E-state index in [1.807, 2.05) is 0 Å². The summed E-state index contributed by atoms with van der Waals surface area (Å²) < 4.78 is 0. The molecule has 2 atom stereocenters. The van der Waals surface area contributed by atoms with Gasteiger partial charge in [0.05, 0.1) is 12.3 Å². The third kappa shape index (κ3) is 2.27. The van der Waals surface area contributed by atoms with Gasteiger partial charge in [0.25, 0.3) is 0 Å². The zero-order valence-electron chi connectivity index (χ0n) is 7.57. The van der Waals surface area contributed by atoms with Crippen molar-refractivity contribution >= 4 is 0 Å². The smallest absolute Gasteiger partial charge is 0.108 e. The average molecular weight is 185 g/mol. The van der Waals surface area contributed by atoms with E-state index in [1.165, 1.54) is 6.20 Å². The van der Waals surface area contributed by atoms with Gasteiger partial charge in [-0.3, -0.25) is 5.10 Å². The molecule has 0 fully saturated rings. The maximum absolute atomic E-state index is 9.62. The first kappa shape index (κ1) is 10.2. The molecule has 0 spiro atoms. The zero-order chi connectivity index (χ0) is 9.84. The van der Waals surface area contributed by atoms with Gasteiger partial charge in [-0.15, -0.1) is 0 Å². The van der Waals surface area contributed by atoms with E-state index in [9.17, 15) is 10.2 Å². The van der Waals surface area contributed by atoms with Gasteiger partial charge < -0.3 is 15.9 Å². The molecule has 1 aromatic rings. The Hall–Kier alpha value is -0.910. The Labute approximate surface area is 76.6 Å². The number of aromatic amines is 1. The number of aliphatic hydroxyl groups excluding tert-OH is 2. The number of nitrogens with zero attached hydrogens (tertiary/aromatic N) is 1. The Morgan fingerprint density at radius 3 is 2.77 bits per heavy atom. The Kier molecular flexibility index (Phi) is 3.41. The molecule has 0 radical (unpaired) electrons. The van der Waals surface area contributed by atoms with Crippen molar-refractivity contribution in [2.75, 3.05) is 6.54 Å². The summed E-state index contributed by atoms with van der Waals surface area (Å²) in [6.07, 6.45) is 0.175. The Morgan fingerprint density at radius 1 is 1.62 bits per heavy atom. The Bertz CT molecular complexity index is 262. The second kappa shape index (κ2) is 4.36. The molecular weight excluding hydrogens is 170 g/mol. The van der Waals surface area contributed by atoms with Gasteiger partial charge in [0.2, 0.25) is 0 Å². The van der Waals surface area contributed by atoms with Gasteiger partial charge in [0, 0.05) is 11.3 Å². The maximum Gasteiger partial charge on any atom is 0.108 e. The molecule has 0 aromatic carbocycles. The van der Waals surface area contributed by atoms with Crippen molar-refractivity contribution in [3.05, 3.63) is 17.5 Å². The summed E-state index contributed by atoms with van der Waals surface area (Å²) in [5.74, 6) is 0. The minimum Gasteiger partial charge on any atom is -0.390 e. The standard InChI is InChI=1S/C8H15N3O2/c1-5-6(4-10-11-5)8(13)7(12)2-3-9/h4,7-8,12-13H,2-3,9H2,1H3,(H,10,11). The number of hydrogen-bond acceptors (Lipinski definition) is 4. The van der Waals surface area contributed by atoms with E-state index >= 15 is 0 Å². The van der Waals surface area contributed by atoms with Crippen molar-refractivity contribution in [3.8, 4) is 0 Å². The molecule has 1 aromatic heterocycles. The molecule has 13 heavy (non-hydrogen) atoms. The molecule has 0 bridgehead atoms. The highest BCUT2D eigenvalue weighted by atomic mass is 16.3. The predicted octanol–water partition coefficient (Wildman–Crippen LogP) is -0.539. The summed E-state index contributed by atoms with van der Waals surface area (Å²) in [7, 11) is 0. The molecule has 0 aliphatic heterocycles. The molecule has 5 heteroatoms. The van der Waals surface area contributed by atoms with Crippen LogP contribution in [0.2, 0.25) is 0 Å². The number of aromatic nitrogens is 2. The molecule has 1 rings (SSSR count). The topological polar surface area (TPSA) is 95.2 Å². The van der Waals surface area contributed by atoms with E-state index < -0.39 is 12.2 Å². The van der Waals surface area contributed by atoms with Crippen LogP contribution >= 0.6 is 0 Å². The normalized spacial score (nSPS) is 15.7. The first-order valence-electron chi connectivity index (χ1n) is 4.23. The maximum atomic E-state index is 9.62. The second-order valence-corrected chi connectivity index (χ2v) is 3.04. The molecule has 5 nitrogen and oxygen atoms in total. The summed E-state index contributed by atoms with van der Waals surface area (Å²) in [5.41, 5.74) is 6.66. The summed E-state index contributed by atoms with van der Waals surface area (Å²) in [4.78, 5) is 0.